The van der Waals surface area contributed by atoms with Crippen LogP contribution in [0.3, 0.4) is 0 Å². The molecule has 2 fully saturated rings. The number of fused-ring (bicyclic) bond motifs is 1. The summed E-state index contributed by atoms with van der Waals surface area (Å²) < 4.78 is 17.8. The van der Waals surface area contributed by atoms with Gasteiger partial charge in [0.15, 0.2) is 0 Å². The van der Waals surface area contributed by atoms with E-state index in [9.17, 15) is 9.18 Å². The first-order chi connectivity index (χ1) is 9.22. The van der Waals surface area contributed by atoms with Gasteiger partial charge >= 0.3 is 5.97 Å². The van der Waals surface area contributed by atoms with Gasteiger partial charge in [0.25, 0.3) is 0 Å². The van der Waals surface area contributed by atoms with Crippen LogP contribution in [-0.4, -0.2) is 37.1 Å². The molecule has 0 N–H and O–H groups in total. The van der Waals surface area contributed by atoms with E-state index in [-0.39, 0.29) is 17.7 Å². The van der Waals surface area contributed by atoms with Crippen molar-refractivity contribution < 1.29 is 13.9 Å². The molecule has 3 rings (SSSR count). The minimum atomic E-state index is -0.219. The van der Waals surface area contributed by atoms with Gasteiger partial charge in [-0.25, -0.2) is 4.39 Å². The van der Waals surface area contributed by atoms with Crippen LogP contribution in [0.5, 0.6) is 0 Å². The van der Waals surface area contributed by atoms with Gasteiger partial charge < -0.3 is 4.74 Å². The summed E-state index contributed by atoms with van der Waals surface area (Å²) >= 11 is 0. The van der Waals surface area contributed by atoms with Crippen molar-refractivity contribution >= 4 is 12.0 Å². The number of carbonyl (C=O) groups excluding carboxylic acids is 1. The molecule has 2 atom stereocenters. The highest BCUT2D eigenvalue weighted by molar-refractivity contribution is 5.75. The molecule has 1 aromatic rings. The van der Waals surface area contributed by atoms with Crippen LogP contribution in [0.2, 0.25) is 0 Å². The third-order valence-electron chi connectivity index (χ3n) is 3.80. The summed E-state index contributed by atoms with van der Waals surface area (Å²) in [6.07, 6.45) is 4.03. The molecule has 3 nitrogen and oxygen atoms in total. The number of ether oxygens (including phenoxy) is 1. The van der Waals surface area contributed by atoms with E-state index < -0.39 is 0 Å². The molecule has 0 radical (unpaired) electrons. The molecule has 0 spiro atoms. The predicted octanol–water partition coefficient (Wildman–Crippen LogP) is 1.94. The lowest BCUT2D eigenvalue weighted by molar-refractivity contribution is -0.141. The topological polar surface area (TPSA) is 29.5 Å². The smallest absolute Gasteiger partial charge is 0.310 e. The fraction of sp³-hybridized carbons (Fsp3) is 0.400. The van der Waals surface area contributed by atoms with Gasteiger partial charge in [0, 0.05) is 25.6 Å². The van der Waals surface area contributed by atoms with E-state index >= 15 is 0 Å². The summed E-state index contributed by atoms with van der Waals surface area (Å²) in [5.41, 5.74) is 0.986. The third-order valence-corrected chi connectivity index (χ3v) is 3.80. The number of rotatable bonds is 3. The highest BCUT2D eigenvalue weighted by atomic mass is 19.1. The molecule has 100 valence electrons. The average molecular weight is 261 g/mol. The van der Waals surface area contributed by atoms with E-state index in [0.29, 0.717) is 12.5 Å². The lowest BCUT2D eigenvalue weighted by atomic mass is 10.0. The molecule has 0 saturated carbocycles. The van der Waals surface area contributed by atoms with E-state index in [1.807, 2.05) is 6.08 Å². The SMILES string of the molecule is O=C1OC[C@H]2CN(CC=Cc3ccc(F)cc3)C[C@@H]12. The van der Waals surface area contributed by atoms with Gasteiger partial charge in [0.1, 0.15) is 5.82 Å². The standard InChI is InChI=1S/C15H16FNO2/c16-13-5-3-11(4-6-13)2-1-7-17-8-12-10-19-15(18)14(12)9-17/h1-6,12,14H,7-10H2/t12-,14-/m1/s1. The summed E-state index contributed by atoms with van der Waals surface area (Å²) in [7, 11) is 0. The van der Waals surface area contributed by atoms with Crippen molar-refractivity contribution in [3.8, 4) is 0 Å². The molecule has 0 aliphatic carbocycles. The zero-order valence-corrected chi connectivity index (χ0v) is 10.6. The Morgan fingerprint density at radius 1 is 1.32 bits per heavy atom. The Hall–Kier alpha value is -1.68. The lowest BCUT2D eigenvalue weighted by Gasteiger charge is -2.13. The van der Waals surface area contributed by atoms with Crippen molar-refractivity contribution in [3.63, 3.8) is 0 Å². The molecular weight excluding hydrogens is 245 g/mol. The first-order valence-electron chi connectivity index (χ1n) is 6.53. The van der Waals surface area contributed by atoms with Crippen molar-refractivity contribution in [2.45, 2.75) is 0 Å². The highest BCUT2D eigenvalue weighted by Crippen LogP contribution is 2.29. The summed E-state index contributed by atoms with van der Waals surface area (Å²) in [5, 5.41) is 0. The van der Waals surface area contributed by atoms with Gasteiger partial charge in [-0.1, -0.05) is 24.3 Å². The van der Waals surface area contributed by atoms with Crippen LogP contribution < -0.4 is 0 Å². The van der Waals surface area contributed by atoms with E-state index in [2.05, 4.69) is 11.0 Å². The van der Waals surface area contributed by atoms with Gasteiger partial charge in [0.2, 0.25) is 0 Å². The fourth-order valence-corrected chi connectivity index (χ4v) is 2.75. The number of carbonyl (C=O) groups is 1. The lowest BCUT2D eigenvalue weighted by Crippen LogP contribution is -2.24. The van der Waals surface area contributed by atoms with E-state index in [1.54, 1.807) is 12.1 Å². The van der Waals surface area contributed by atoms with E-state index in [0.717, 1.165) is 25.2 Å². The van der Waals surface area contributed by atoms with Crippen molar-refractivity contribution in [2.75, 3.05) is 26.2 Å². The summed E-state index contributed by atoms with van der Waals surface area (Å²) in [6, 6.07) is 6.41. The normalized spacial score (nSPS) is 26.9. The predicted molar refractivity (Wildman–Crippen MR) is 69.8 cm³/mol. The van der Waals surface area contributed by atoms with E-state index in [1.165, 1.54) is 12.1 Å². The monoisotopic (exact) mass is 261 g/mol. The van der Waals surface area contributed by atoms with Crippen LogP contribution >= 0.6 is 0 Å². The van der Waals surface area contributed by atoms with Gasteiger partial charge in [-0.05, 0) is 17.7 Å². The van der Waals surface area contributed by atoms with Crippen molar-refractivity contribution in [1.82, 2.24) is 4.90 Å². The largest absolute Gasteiger partial charge is 0.465 e. The zero-order chi connectivity index (χ0) is 13.2. The molecule has 2 saturated heterocycles. The van der Waals surface area contributed by atoms with Crippen LogP contribution in [-0.2, 0) is 9.53 Å². The summed E-state index contributed by atoms with van der Waals surface area (Å²) in [5.74, 6) is 0.170. The maximum absolute atomic E-state index is 12.7. The number of nitrogens with zero attached hydrogens (tertiary/aromatic N) is 1. The number of hydrogen-bond acceptors (Lipinski definition) is 3. The first-order valence-corrected chi connectivity index (χ1v) is 6.53. The number of likely N-dealkylation sites (tertiary alicyclic amines) is 1. The molecular formula is C15H16FNO2. The maximum atomic E-state index is 12.7. The van der Waals surface area contributed by atoms with Gasteiger partial charge in [-0.2, -0.15) is 0 Å². The fourth-order valence-electron chi connectivity index (χ4n) is 2.75. The average Bonchev–Trinajstić information content (AvgIpc) is 2.95. The molecule has 0 bridgehead atoms. The third kappa shape index (κ3) is 2.68. The molecule has 0 aromatic heterocycles. The minimum Gasteiger partial charge on any atom is -0.465 e. The number of hydrogen-bond donors (Lipinski definition) is 0. The van der Waals surface area contributed by atoms with Gasteiger partial charge in [-0.3, -0.25) is 9.69 Å². The Morgan fingerprint density at radius 3 is 2.84 bits per heavy atom. The summed E-state index contributed by atoms with van der Waals surface area (Å²) in [6.45, 7) is 3.10. The molecule has 4 heteroatoms. The number of halogens is 1. The maximum Gasteiger partial charge on any atom is 0.310 e. The Balaban J connectivity index is 1.53. The molecule has 1 aromatic carbocycles. The second-order valence-electron chi connectivity index (χ2n) is 5.17. The van der Waals surface area contributed by atoms with Crippen molar-refractivity contribution in [2.24, 2.45) is 11.8 Å². The second-order valence-corrected chi connectivity index (χ2v) is 5.17. The molecule has 0 amide bonds. The molecule has 2 aliphatic heterocycles. The molecule has 19 heavy (non-hydrogen) atoms. The van der Waals surface area contributed by atoms with Crippen LogP contribution in [0.4, 0.5) is 4.39 Å². The Labute approximate surface area is 111 Å². The highest BCUT2D eigenvalue weighted by Gasteiger charge is 2.43. The number of cyclic esters (lactones) is 1. The van der Waals surface area contributed by atoms with Crippen molar-refractivity contribution in [1.29, 1.82) is 0 Å². The zero-order valence-electron chi connectivity index (χ0n) is 10.6. The van der Waals surface area contributed by atoms with Crippen LogP contribution in [0.1, 0.15) is 5.56 Å². The Morgan fingerprint density at radius 2 is 2.11 bits per heavy atom. The molecule has 2 aliphatic rings. The van der Waals surface area contributed by atoms with E-state index in [4.69, 9.17) is 4.74 Å². The number of benzene rings is 1. The van der Waals surface area contributed by atoms with Crippen LogP contribution in [0, 0.1) is 17.7 Å². The number of esters is 1. The molecule has 2 heterocycles. The summed E-state index contributed by atoms with van der Waals surface area (Å²) in [4.78, 5) is 13.7. The first kappa shape index (κ1) is 12.4. The minimum absolute atomic E-state index is 0.0463. The van der Waals surface area contributed by atoms with Crippen molar-refractivity contribution in [3.05, 3.63) is 41.7 Å². The van der Waals surface area contributed by atoms with Gasteiger partial charge in [0.05, 0.1) is 12.5 Å². The Kier molecular flexibility index (Phi) is 3.34. The second kappa shape index (κ2) is 5.13. The van der Waals surface area contributed by atoms with Gasteiger partial charge in [-0.15, -0.1) is 0 Å². The Bertz CT molecular complexity index is 497. The van der Waals surface area contributed by atoms with Crippen LogP contribution in [0.15, 0.2) is 30.3 Å². The van der Waals surface area contributed by atoms with Crippen LogP contribution in [0.25, 0.3) is 6.08 Å². The quantitative estimate of drug-likeness (QED) is 0.779. The molecule has 0 unspecified atom stereocenters.